The van der Waals surface area contributed by atoms with Crippen LogP contribution in [0.1, 0.15) is 0 Å². The average Bonchev–Trinajstić information content (AvgIpc) is 2.61. The smallest absolute Gasteiger partial charge is 0.249 e. The average molecular weight is 255 g/mol. The molecule has 0 aliphatic carbocycles. The molecule has 1 aromatic carbocycles. The van der Waals surface area contributed by atoms with Crippen LogP contribution in [0.3, 0.4) is 0 Å². The van der Waals surface area contributed by atoms with E-state index < -0.39 is 9.84 Å². The fraction of sp³-hybridized carbons (Fsp3) is 0.200. The zero-order valence-corrected chi connectivity index (χ0v) is 10.1. The van der Waals surface area contributed by atoms with E-state index in [0.717, 1.165) is 6.26 Å². The molecule has 2 rings (SSSR count). The molecule has 0 unspecified atom stereocenters. The molecule has 5 nitrogen and oxygen atoms in total. The van der Waals surface area contributed by atoms with E-state index in [0.29, 0.717) is 11.4 Å². The quantitative estimate of drug-likeness (QED) is 0.803. The van der Waals surface area contributed by atoms with Gasteiger partial charge in [0, 0.05) is 18.9 Å². The Labute approximate surface area is 97.8 Å². The van der Waals surface area contributed by atoms with Crippen molar-refractivity contribution in [2.75, 3.05) is 6.26 Å². The van der Waals surface area contributed by atoms with Crippen LogP contribution in [0, 0.1) is 5.82 Å². The summed E-state index contributed by atoms with van der Waals surface area (Å²) in [6.45, 7) is 0. The Kier molecular flexibility index (Phi) is 2.70. The van der Waals surface area contributed by atoms with Crippen LogP contribution in [0.25, 0.3) is 11.4 Å². The van der Waals surface area contributed by atoms with Crippen LogP contribution in [-0.2, 0) is 16.9 Å². The first-order valence-electron chi connectivity index (χ1n) is 4.75. The Morgan fingerprint density at radius 1 is 1.18 bits per heavy atom. The molecule has 0 amide bonds. The van der Waals surface area contributed by atoms with Crippen LogP contribution in [0.4, 0.5) is 4.39 Å². The zero-order chi connectivity index (χ0) is 12.6. The molecule has 1 heterocycles. The molecule has 0 radical (unpaired) electrons. The molecule has 0 aliphatic heterocycles. The van der Waals surface area contributed by atoms with E-state index in [4.69, 9.17) is 0 Å². The number of hydrogen-bond donors (Lipinski definition) is 0. The lowest BCUT2D eigenvalue weighted by molar-refractivity contribution is 0.584. The van der Waals surface area contributed by atoms with Gasteiger partial charge >= 0.3 is 0 Å². The molecule has 0 fully saturated rings. The first kappa shape index (κ1) is 11.7. The summed E-state index contributed by atoms with van der Waals surface area (Å²) in [6.07, 6.45) is 1.06. The molecular weight excluding hydrogens is 245 g/mol. The summed E-state index contributed by atoms with van der Waals surface area (Å²) in [7, 11) is -1.86. The summed E-state index contributed by atoms with van der Waals surface area (Å²) in [5.41, 5.74) is 0.608. The second kappa shape index (κ2) is 3.92. The molecule has 0 bridgehead atoms. The van der Waals surface area contributed by atoms with Crippen molar-refractivity contribution >= 4 is 9.84 Å². The lowest BCUT2D eigenvalue weighted by atomic mass is 10.2. The van der Waals surface area contributed by atoms with Crippen molar-refractivity contribution in [2.24, 2.45) is 7.05 Å². The van der Waals surface area contributed by atoms with Gasteiger partial charge in [0.1, 0.15) is 5.82 Å². The van der Waals surface area contributed by atoms with Crippen molar-refractivity contribution in [1.82, 2.24) is 14.8 Å². The van der Waals surface area contributed by atoms with Gasteiger partial charge in [-0.1, -0.05) is 0 Å². The van der Waals surface area contributed by atoms with Crippen molar-refractivity contribution in [1.29, 1.82) is 0 Å². The van der Waals surface area contributed by atoms with Gasteiger partial charge in [-0.2, -0.15) is 0 Å². The van der Waals surface area contributed by atoms with E-state index in [9.17, 15) is 12.8 Å². The van der Waals surface area contributed by atoms with Gasteiger partial charge in [0.05, 0.1) is 0 Å². The van der Waals surface area contributed by atoms with Crippen molar-refractivity contribution in [3.05, 3.63) is 30.1 Å². The standard InChI is InChI=1S/C10H10FN3O2S/c1-14-9(7-3-5-8(11)6-4-7)12-13-10(14)17(2,15)16/h3-6H,1-2H3. The largest absolute Gasteiger partial charge is 0.301 e. The predicted molar refractivity (Wildman–Crippen MR) is 59.5 cm³/mol. The molecule has 0 spiro atoms. The number of sulfone groups is 1. The van der Waals surface area contributed by atoms with Gasteiger partial charge in [-0.15, -0.1) is 10.2 Å². The van der Waals surface area contributed by atoms with Crippen molar-refractivity contribution in [3.8, 4) is 11.4 Å². The van der Waals surface area contributed by atoms with Crippen molar-refractivity contribution < 1.29 is 12.8 Å². The van der Waals surface area contributed by atoms with Crippen molar-refractivity contribution in [3.63, 3.8) is 0 Å². The van der Waals surface area contributed by atoms with Crippen LogP contribution in [-0.4, -0.2) is 29.4 Å². The maximum Gasteiger partial charge on any atom is 0.249 e. The highest BCUT2D eigenvalue weighted by Gasteiger charge is 2.18. The number of nitrogens with zero attached hydrogens (tertiary/aromatic N) is 3. The molecule has 1 aromatic heterocycles. The molecule has 17 heavy (non-hydrogen) atoms. The predicted octanol–water partition coefficient (Wildman–Crippen LogP) is 1.02. The number of rotatable bonds is 2. The third-order valence-corrected chi connectivity index (χ3v) is 3.29. The molecule has 0 N–H and O–H groups in total. The number of halogens is 1. The Bertz CT molecular complexity index is 647. The SMILES string of the molecule is Cn1c(-c2ccc(F)cc2)nnc1S(C)(=O)=O. The van der Waals surface area contributed by atoms with E-state index in [1.165, 1.54) is 28.8 Å². The van der Waals surface area contributed by atoms with E-state index in [1.807, 2.05) is 0 Å². The van der Waals surface area contributed by atoms with Crippen molar-refractivity contribution in [2.45, 2.75) is 5.16 Å². The van der Waals surface area contributed by atoms with Crippen LogP contribution >= 0.6 is 0 Å². The monoisotopic (exact) mass is 255 g/mol. The third-order valence-electron chi connectivity index (χ3n) is 2.27. The molecule has 0 aliphatic rings. The first-order chi connectivity index (χ1) is 7.89. The second-order valence-corrected chi connectivity index (χ2v) is 5.55. The minimum absolute atomic E-state index is 0.114. The highest BCUT2D eigenvalue weighted by molar-refractivity contribution is 7.90. The highest BCUT2D eigenvalue weighted by Crippen LogP contribution is 2.19. The molecule has 2 aromatic rings. The Morgan fingerprint density at radius 3 is 2.24 bits per heavy atom. The topological polar surface area (TPSA) is 64.8 Å². The first-order valence-corrected chi connectivity index (χ1v) is 6.64. The number of hydrogen-bond acceptors (Lipinski definition) is 4. The maximum atomic E-state index is 12.8. The van der Waals surface area contributed by atoms with Gasteiger partial charge in [-0.25, -0.2) is 12.8 Å². The molecule has 90 valence electrons. The molecular formula is C10H10FN3O2S. The molecule has 7 heteroatoms. The van der Waals surface area contributed by atoms with E-state index in [2.05, 4.69) is 10.2 Å². The lowest BCUT2D eigenvalue weighted by Gasteiger charge is -2.02. The Morgan fingerprint density at radius 2 is 1.76 bits per heavy atom. The van der Waals surface area contributed by atoms with Gasteiger partial charge < -0.3 is 4.57 Å². The van der Waals surface area contributed by atoms with Crippen LogP contribution < -0.4 is 0 Å². The summed E-state index contributed by atoms with van der Waals surface area (Å²) in [4.78, 5) is 0. The van der Waals surface area contributed by atoms with Crippen LogP contribution in [0.2, 0.25) is 0 Å². The van der Waals surface area contributed by atoms with Gasteiger partial charge in [0.15, 0.2) is 5.82 Å². The van der Waals surface area contributed by atoms with Crippen LogP contribution in [0.5, 0.6) is 0 Å². The highest BCUT2D eigenvalue weighted by atomic mass is 32.2. The van der Waals surface area contributed by atoms with E-state index in [-0.39, 0.29) is 11.0 Å². The number of benzene rings is 1. The maximum absolute atomic E-state index is 12.8. The second-order valence-electron chi connectivity index (χ2n) is 3.64. The van der Waals surface area contributed by atoms with Crippen LogP contribution in [0.15, 0.2) is 29.4 Å². The Hall–Kier alpha value is -1.76. The molecule has 0 saturated carbocycles. The molecule has 0 saturated heterocycles. The van der Waals surface area contributed by atoms with Gasteiger partial charge in [-0.3, -0.25) is 0 Å². The number of aromatic nitrogens is 3. The fourth-order valence-corrected chi connectivity index (χ4v) is 2.26. The van der Waals surface area contributed by atoms with Gasteiger partial charge in [0.2, 0.25) is 15.0 Å². The summed E-state index contributed by atoms with van der Waals surface area (Å²) in [5, 5.41) is 7.30. The van der Waals surface area contributed by atoms with Gasteiger partial charge in [-0.05, 0) is 24.3 Å². The van der Waals surface area contributed by atoms with Gasteiger partial charge in [0.25, 0.3) is 0 Å². The van der Waals surface area contributed by atoms with E-state index in [1.54, 1.807) is 7.05 Å². The lowest BCUT2D eigenvalue weighted by Crippen LogP contribution is -2.06. The summed E-state index contributed by atoms with van der Waals surface area (Å²) >= 11 is 0. The third kappa shape index (κ3) is 2.19. The summed E-state index contributed by atoms with van der Waals surface area (Å²) in [5.74, 6) is 0.0182. The molecule has 0 atom stereocenters. The minimum Gasteiger partial charge on any atom is -0.301 e. The summed E-state index contributed by atoms with van der Waals surface area (Å²) in [6, 6.07) is 5.60. The summed E-state index contributed by atoms with van der Waals surface area (Å²) < 4.78 is 36.9. The minimum atomic E-state index is -3.41. The fourth-order valence-electron chi connectivity index (χ4n) is 1.49. The zero-order valence-electron chi connectivity index (χ0n) is 9.25. The Balaban J connectivity index is 2.55. The van der Waals surface area contributed by atoms with E-state index >= 15 is 0 Å². The normalized spacial score (nSPS) is 11.7.